The molecule has 25 heavy (non-hydrogen) atoms. The maximum Gasteiger partial charge on any atom is 0.213 e. The minimum Gasteiger partial charge on any atom is -0.497 e. The van der Waals surface area contributed by atoms with Crippen molar-refractivity contribution < 1.29 is 9.13 Å². The van der Waals surface area contributed by atoms with E-state index in [2.05, 4.69) is 22.0 Å². The Morgan fingerprint density at radius 2 is 1.96 bits per heavy atom. The molecule has 0 radical (unpaired) electrons. The molecule has 0 saturated carbocycles. The van der Waals surface area contributed by atoms with E-state index >= 15 is 0 Å². The van der Waals surface area contributed by atoms with Crippen LogP contribution < -0.4 is 9.64 Å². The van der Waals surface area contributed by atoms with Gasteiger partial charge in [-0.25, -0.2) is 4.98 Å². The first kappa shape index (κ1) is 17.5. The highest BCUT2D eigenvalue weighted by Crippen LogP contribution is 2.39. The maximum atomic E-state index is 13.5. The second-order valence-corrected chi connectivity index (χ2v) is 6.31. The average Bonchev–Trinajstić information content (AvgIpc) is 2.59. The van der Waals surface area contributed by atoms with Crippen LogP contribution >= 0.6 is 11.6 Å². The maximum absolute atomic E-state index is 13.5. The summed E-state index contributed by atoms with van der Waals surface area (Å²) in [5, 5.41) is 1.45. The van der Waals surface area contributed by atoms with E-state index in [1.807, 2.05) is 12.1 Å². The molecule has 0 spiro atoms. The molecule has 1 aliphatic rings. The lowest BCUT2D eigenvalue weighted by atomic mass is 9.99. The smallest absolute Gasteiger partial charge is 0.213 e. The third-order valence-corrected chi connectivity index (χ3v) is 4.63. The number of benzene rings is 2. The summed E-state index contributed by atoms with van der Waals surface area (Å²) in [6.07, 6.45) is 2.04. The van der Waals surface area contributed by atoms with Gasteiger partial charge in [0.2, 0.25) is 5.95 Å². The van der Waals surface area contributed by atoms with Crippen molar-refractivity contribution in [1.82, 2.24) is 4.98 Å². The Kier molecular flexibility index (Phi) is 4.82. The van der Waals surface area contributed by atoms with E-state index in [1.165, 1.54) is 11.6 Å². The molecular formula is C20H20ClFN2O. The van der Waals surface area contributed by atoms with Gasteiger partial charge in [-0.1, -0.05) is 19.0 Å². The number of aromatic nitrogens is 1. The molecule has 0 bridgehead atoms. The summed E-state index contributed by atoms with van der Waals surface area (Å²) in [4.78, 5) is 6.21. The van der Waals surface area contributed by atoms with Crippen molar-refractivity contribution in [3.8, 4) is 5.75 Å². The number of rotatable bonds is 2. The molecule has 0 amide bonds. The minimum atomic E-state index is -0.500. The highest BCUT2D eigenvalue weighted by Gasteiger charge is 2.21. The topological polar surface area (TPSA) is 25.4 Å². The molecule has 1 aliphatic heterocycles. The molecule has 0 N–H and O–H groups in total. The number of methoxy groups -OCH3 is 1. The van der Waals surface area contributed by atoms with Crippen LogP contribution in [0.3, 0.4) is 0 Å². The van der Waals surface area contributed by atoms with Crippen molar-refractivity contribution in [3.05, 3.63) is 59.0 Å². The summed E-state index contributed by atoms with van der Waals surface area (Å²) in [6.45, 7) is 0.881. The van der Waals surface area contributed by atoms with Crippen LogP contribution in [-0.2, 0) is 6.42 Å². The van der Waals surface area contributed by atoms with E-state index in [0.29, 0.717) is 10.5 Å². The van der Waals surface area contributed by atoms with Gasteiger partial charge < -0.3 is 9.64 Å². The fraction of sp³-hybridized carbons (Fsp3) is 0.250. The van der Waals surface area contributed by atoms with Gasteiger partial charge in [0.05, 0.1) is 18.3 Å². The van der Waals surface area contributed by atoms with E-state index in [-0.39, 0.29) is 7.43 Å². The number of pyridine rings is 1. The molecule has 0 fully saturated rings. The summed E-state index contributed by atoms with van der Waals surface area (Å²) in [6, 6.07) is 12.9. The first-order chi connectivity index (χ1) is 11.7. The van der Waals surface area contributed by atoms with E-state index in [0.717, 1.165) is 41.9 Å². The molecule has 2 aromatic carbocycles. The monoisotopic (exact) mass is 357 g/mol. The second-order valence-electron chi connectivity index (χ2n) is 5.88. The Bertz CT molecular complexity index is 924. The molecular weight excluding hydrogens is 338 g/mol. The third-order valence-electron chi connectivity index (χ3n) is 4.41. The van der Waals surface area contributed by atoms with Crippen molar-refractivity contribution >= 4 is 33.9 Å². The van der Waals surface area contributed by atoms with Crippen LogP contribution in [0.2, 0.25) is 5.02 Å². The van der Waals surface area contributed by atoms with Crippen LogP contribution in [0, 0.1) is 5.95 Å². The predicted molar refractivity (Wildman–Crippen MR) is 102 cm³/mol. The van der Waals surface area contributed by atoms with Gasteiger partial charge in [0, 0.05) is 22.6 Å². The number of fused-ring (bicyclic) bond motifs is 2. The van der Waals surface area contributed by atoms with Crippen LogP contribution in [0.1, 0.15) is 19.4 Å². The third kappa shape index (κ3) is 3.14. The SMILES string of the molecule is C.COc1ccc2c(c1)CCCN2c1cc(Cl)cc2nc([18F])ccc12. The fourth-order valence-corrected chi connectivity index (χ4v) is 3.54. The first-order valence-electron chi connectivity index (χ1n) is 7.86. The molecule has 0 unspecified atom stereocenters. The van der Waals surface area contributed by atoms with Crippen LogP contribution in [0.25, 0.3) is 10.9 Å². The summed E-state index contributed by atoms with van der Waals surface area (Å²) < 4.78 is 18.8. The fourth-order valence-electron chi connectivity index (χ4n) is 3.33. The zero-order chi connectivity index (χ0) is 16.7. The van der Waals surface area contributed by atoms with Crippen LogP contribution in [0.4, 0.5) is 15.8 Å². The van der Waals surface area contributed by atoms with E-state index in [1.54, 1.807) is 19.2 Å². The second kappa shape index (κ2) is 6.89. The van der Waals surface area contributed by atoms with Gasteiger partial charge in [-0.2, -0.15) is 4.39 Å². The summed E-state index contributed by atoms with van der Waals surface area (Å²) in [7, 11) is 1.67. The summed E-state index contributed by atoms with van der Waals surface area (Å²) in [5.74, 6) is 0.356. The quantitative estimate of drug-likeness (QED) is 0.545. The number of hydrogen-bond donors (Lipinski definition) is 0. The zero-order valence-corrected chi connectivity index (χ0v) is 14.0. The van der Waals surface area contributed by atoms with Gasteiger partial charge in [-0.05, 0) is 60.9 Å². The van der Waals surface area contributed by atoms with E-state index in [9.17, 15) is 4.39 Å². The number of hydrogen-bond acceptors (Lipinski definition) is 3. The Morgan fingerprint density at radius 1 is 1.12 bits per heavy atom. The number of nitrogens with zero attached hydrogens (tertiary/aromatic N) is 2. The molecule has 3 aromatic rings. The zero-order valence-electron chi connectivity index (χ0n) is 13.2. The largest absolute Gasteiger partial charge is 0.497 e. The van der Waals surface area contributed by atoms with Gasteiger partial charge in [0.15, 0.2) is 0 Å². The van der Waals surface area contributed by atoms with E-state index < -0.39 is 5.95 Å². The molecule has 4 rings (SSSR count). The van der Waals surface area contributed by atoms with Crippen LogP contribution in [0.5, 0.6) is 5.75 Å². The lowest BCUT2D eigenvalue weighted by Crippen LogP contribution is -2.24. The Labute approximate surface area is 152 Å². The Hall–Kier alpha value is -2.33. The molecule has 1 aromatic heterocycles. The predicted octanol–water partition coefficient (Wildman–Crippen LogP) is 5.76. The first-order valence-corrected chi connectivity index (χ1v) is 8.24. The molecule has 0 aliphatic carbocycles. The number of ether oxygens (including phenoxy) is 1. The lowest BCUT2D eigenvalue weighted by molar-refractivity contribution is 0.414. The van der Waals surface area contributed by atoms with Crippen molar-refractivity contribution in [1.29, 1.82) is 0 Å². The van der Waals surface area contributed by atoms with Crippen molar-refractivity contribution in [2.45, 2.75) is 20.3 Å². The van der Waals surface area contributed by atoms with Crippen LogP contribution in [0.15, 0.2) is 42.5 Å². The summed E-state index contributed by atoms with van der Waals surface area (Å²) in [5.41, 5.74) is 3.90. The number of anilines is 2. The average molecular weight is 358 g/mol. The van der Waals surface area contributed by atoms with E-state index in [4.69, 9.17) is 16.3 Å². The highest BCUT2D eigenvalue weighted by atomic mass is 35.5. The van der Waals surface area contributed by atoms with Gasteiger partial charge in [0.25, 0.3) is 0 Å². The standard InChI is InChI=1S/C19H16ClFN2O.CH4/c1-24-14-4-6-17-12(9-14)3-2-8-23(17)18-11-13(20)10-16-15(18)5-7-19(21)22-16;/h4-7,9-11H,2-3,8H2,1H3;1H4/i21-1;. The van der Waals surface area contributed by atoms with Crippen molar-refractivity contribution in [3.63, 3.8) is 0 Å². The van der Waals surface area contributed by atoms with Crippen molar-refractivity contribution in [2.75, 3.05) is 18.6 Å². The highest BCUT2D eigenvalue weighted by molar-refractivity contribution is 6.32. The van der Waals surface area contributed by atoms with Gasteiger partial charge in [-0.15, -0.1) is 0 Å². The molecule has 2 heterocycles. The molecule has 130 valence electrons. The van der Waals surface area contributed by atoms with Crippen molar-refractivity contribution in [2.24, 2.45) is 0 Å². The van der Waals surface area contributed by atoms with Gasteiger partial charge >= 0.3 is 0 Å². The Balaban J connectivity index is 0.00000182. The summed E-state index contributed by atoms with van der Waals surface area (Å²) >= 11 is 6.26. The molecule has 3 nitrogen and oxygen atoms in total. The molecule has 0 saturated heterocycles. The normalized spacial score (nSPS) is 13.3. The Morgan fingerprint density at radius 3 is 2.76 bits per heavy atom. The van der Waals surface area contributed by atoms with Crippen LogP contribution in [-0.4, -0.2) is 18.6 Å². The molecule has 0 atom stereocenters. The number of aryl methyl sites for hydroxylation is 1. The lowest BCUT2D eigenvalue weighted by Gasteiger charge is -2.32. The number of halogens is 2. The van der Waals surface area contributed by atoms with Gasteiger partial charge in [-0.3, -0.25) is 0 Å². The van der Waals surface area contributed by atoms with Gasteiger partial charge in [0.1, 0.15) is 5.75 Å². The molecule has 5 heteroatoms. The minimum absolute atomic E-state index is 0.